The maximum atomic E-state index is 11.9. The van der Waals surface area contributed by atoms with E-state index in [1.807, 2.05) is 0 Å². The van der Waals surface area contributed by atoms with E-state index in [9.17, 15) is 9.90 Å². The van der Waals surface area contributed by atoms with Crippen molar-refractivity contribution in [2.24, 2.45) is 5.92 Å². The first kappa shape index (κ1) is 9.93. The van der Waals surface area contributed by atoms with E-state index in [0.29, 0.717) is 19.8 Å². The smallest absolute Gasteiger partial charge is 0.225 e. The van der Waals surface area contributed by atoms with Crippen LogP contribution in [0.25, 0.3) is 0 Å². The molecule has 0 aromatic rings. The Morgan fingerprint density at radius 1 is 1.29 bits per heavy atom. The van der Waals surface area contributed by atoms with Gasteiger partial charge in [-0.25, -0.2) is 0 Å². The zero-order valence-electron chi connectivity index (χ0n) is 8.32. The van der Waals surface area contributed by atoms with Crippen molar-refractivity contribution < 1.29 is 14.6 Å². The highest BCUT2D eigenvalue weighted by molar-refractivity contribution is 5.79. The first-order chi connectivity index (χ1) is 6.77. The summed E-state index contributed by atoms with van der Waals surface area (Å²) in [5, 5.41) is 9.33. The second kappa shape index (κ2) is 4.28. The lowest BCUT2D eigenvalue weighted by Crippen LogP contribution is -2.37. The Labute approximate surface area is 83.8 Å². The van der Waals surface area contributed by atoms with Crippen LogP contribution >= 0.6 is 0 Å². The van der Waals surface area contributed by atoms with Crippen LogP contribution in [-0.2, 0) is 9.53 Å². The topological polar surface area (TPSA) is 49.8 Å². The number of hydrogen-bond donors (Lipinski definition) is 1. The van der Waals surface area contributed by atoms with E-state index < -0.39 is 0 Å². The third-order valence-corrected chi connectivity index (χ3v) is 3.05. The van der Waals surface area contributed by atoms with E-state index in [4.69, 9.17) is 4.74 Å². The van der Waals surface area contributed by atoms with Crippen molar-refractivity contribution in [1.29, 1.82) is 0 Å². The number of nitrogens with zero attached hydrogens (tertiary/aromatic N) is 1. The summed E-state index contributed by atoms with van der Waals surface area (Å²) in [6.45, 7) is 2.65. The quantitative estimate of drug-likeness (QED) is 0.647. The number of carbonyl (C=O) groups excluding carboxylic acids is 1. The molecule has 0 radical (unpaired) electrons. The Bertz CT molecular complexity index is 207. The molecule has 0 bridgehead atoms. The molecule has 2 fully saturated rings. The van der Waals surface area contributed by atoms with E-state index in [0.717, 1.165) is 25.8 Å². The number of hydrogen-bond acceptors (Lipinski definition) is 3. The van der Waals surface area contributed by atoms with Gasteiger partial charge >= 0.3 is 0 Å². The van der Waals surface area contributed by atoms with Crippen LogP contribution in [0.4, 0.5) is 0 Å². The Kier molecular flexibility index (Phi) is 3.03. The number of likely N-dealkylation sites (tertiary alicyclic amines) is 1. The Hall–Kier alpha value is -0.610. The van der Waals surface area contributed by atoms with Gasteiger partial charge in [-0.2, -0.15) is 0 Å². The van der Waals surface area contributed by atoms with Crippen molar-refractivity contribution in [1.82, 2.24) is 4.90 Å². The van der Waals surface area contributed by atoms with E-state index >= 15 is 0 Å². The molecule has 1 unspecified atom stereocenters. The van der Waals surface area contributed by atoms with E-state index in [1.165, 1.54) is 0 Å². The highest BCUT2D eigenvalue weighted by Gasteiger charge is 2.30. The number of aliphatic hydroxyl groups is 1. The first-order valence-electron chi connectivity index (χ1n) is 5.32. The van der Waals surface area contributed by atoms with Gasteiger partial charge in [0.15, 0.2) is 0 Å². The van der Waals surface area contributed by atoms with Crippen LogP contribution in [0.5, 0.6) is 0 Å². The average Bonchev–Trinajstić information content (AvgIpc) is 2.65. The minimum absolute atomic E-state index is 0.133. The lowest BCUT2D eigenvalue weighted by atomic mass is 9.99. The third-order valence-electron chi connectivity index (χ3n) is 3.05. The van der Waals surface area contributed by atoms with Gasteiger partial charge in [0, 0.05) is 32.2 Å². The Morgan fingerprint density at radius 2 is 2.00 bits per heavy atom. The Morgan fingerprint density at radius 3 is 2.57 bits per heavy atom. The zero-order valence-corrected chi connectivity index (χ0v) is 8.32. The van der Waals surface area contributed by atoms with Gasteiger partial charge in [-0.15, -0.1) is 0 Å². The van der Waals surface area contributed by atoms with Crippen LogP contribution in [0.1, 0.15) is 19.3 Å². The summed E-state index contributed by atoms with van der Waals surface area (Å²) in [5.74, 6) is 0.346. The van der Waals surface area contributed by atoms with Gasteiger partial charge in [-0.3, -0.25) is 4.79 Å². The highest BCUT2D eigenvalue weighted by atomic mass is 16.5. The van der Waals surface area contributed by atoms with Crippen LogP contribution in [0, 0.1) is 5.92 Å². The summed E-state index contributed by atoms with van der Waals surface area (Å²) in [4.78, 5) is 13.7. The predicted octanol–water partition coefficient (Wildman–Crippen LogP) is 0.00620. The van der Waals surface area contributed by atoms with Crippen molar-refractivity contribution in [2.45, 2.75) is 25.4 Å². The molecule has 0 saturated carbocycles. The lowest BCUT2D eigenvalue weighted by molar-refractivity contribution is -0.137. The van der Waals surface area contributed by atoms with Crippen LogP contribution in [-0.4, -0.2) is 48.3 Å². The number of amides is 1. The van der Waals surface area contributed by atoms with Crippen LogP contribution in [0.3, 0.4) is 0 Å². The van der Waals surface area contributed by atoms with Gasteiger partial charge in [-0.1, -0.05) is 0 Å². The Balaban J connectivity index is 1.87. The molecule has 4 heteroatoms. The fourth-order valence-corrected chi connectivity index (χ4v) is 2.14. The van der Waals surface area contributed by atoms with Crippen molar-refractivity contribution in [3.8, 4) is 0 Å². The fraction of sp³-hybridized carbons (Fsp3) is 0.900. The van der Waals surface area contributed by atoms with Gasteiger partial charge in [0.1, 0.15) is 0 Å². The first-order valence-corrected chi connectivity index (χ1v) is 5.32. The number of rotatable bonds is 1. The van der Waals surface area contributed by atoms with Gasteiger partial charge in [0.2, 0.25) is 5.91 Å². The molecule has 0 aromatic heterocycles. The fourth-order valence-electron chi connectivity index (χ4n) is 2.14. The monoisotopic (exact) mass is 199 g/mol. The summed E-state index contributed by atoms with van der Waals surface area (Å²) in [7, 11) is 0. The summed E-state index contributed by atoms with van der Waals surface area (Å²) >= 11 is 0. The molecule has 1 amide bonds. The summed E-state index contributed by atoms with van der Waals surface area (Å²) < 4.78 is 5.21. The minimum atomic E-state index is -0.307. The molecular formula is C10H17NO3. The predicted molar refractivity (Wildman–Crippen MR) is 50.7 cm³/mol. The molecule has 2 heterocycles. The van der Waals surface area contributed by atoms with Crippen molar-refractivity contribution >= 4 is 5.91 Å². The molecule has 0 aliphatic carbocycles. The van der Waals surface area contributed by atoms with Crippen LogP contribution in [0.2, 0.25) is 0 Å². The molecule has 80 valence electrons. The van der Waals surface area contributed by atoms with Crippen LogP contribution in [0.15, 0.2) is 0 Å². The standard InChI is InChI=1S/C10H17NO3/c12-9-1-4-11(7-9)10(13)8-2-5-14-6-3-8/h8-9,12H,1-7H2. The number of β-amino-alcohol motifs (C(OH)–C–C–N with tert-alkyl or cyclic N) is 1. The molecule has 2 saturated heterocycles. The summed E-state index contributed by atoms with van der Waals surface area (Å²) in [6.07, 6.45) is 2.10. The summed E-state index contributed by atoms with van der Waals surface area (Å²) in [5.41, 5.74) is 0. The van der Waals surface area contributed by atoms with Crippen molar-refractivity contribution in [3.63, 3.8) is 0 Å². The lowest BCUT2D eigenvalue weighted by Gasteiger charge is -2.26. The van der Waals surface area contributed by atoms with Gasteiger partial charge in [-0.05, 0) is 19.3 Å². The van der Waals surface area contributed by atoms with Crippen molar-refractivity contribution in [3.05, 3.63) is 0 Å². The second-order valence-electron chi connectivity index (χ2n) is 4.11. The molecule has 1 atom stereocenters. The maximum absolute atomic E-state index is 11.9. The SMILES string of the molecule is O=C(C1CCOCC1)N1CCC(O)C1. The highest BCUT2D eigenvalue weighted by Crippen LogP contribution is 2.20. The van der Waals surface area contributed by atoms with E-state index in [1.54, 1.807) is 4.90 Å². The molecule has 14 heavy (non-hydrogen) atoms. The molecule has 2 rings (SSSR count). The van der Waals surface area contributed by atoms with Gasteiger partial charge in [0.05, 0.1) is 6.10 Å². The normalized spacial score (nSPS) is 29.5. The van der Waals surface area contributed by atoms with Crippen molar-refractivity contribution in [2.75, 3.05) is 26.3 Å². The molecule has 1 N–H and O–H groups in total. The largest absolute Gasteiger partial charge is 0.391 e. The third kappa shape index (κ3) is 2.07. The molecule has 2 aliphatic rings. The molecule has 0 spiro atoms. The average molecular weight is 199 g/mol. The second-order valence-corrected chi connectivity index (χ2v) is 4.11. The van der Waals surface area contributed by atoms with E-state index in [2.05, 4.69) is 0 Å². The van der Waals surface area contributed by atoms with Gasteiger partial charge in [0.25, 0.3) is 0 Å². The van der Waals surface area contributed by atoms with E-state index in [-0.39, 0.29) is 17.9 Å². The number of carbonyl (C=O) groups is 1. The zero-order chi connectivity index (χ0) is 9.97. The number of aliphatic hydroxyl groups excluding tert-OH is 1. The maximum Gasteiger partial charge on any atom is 0.225 e. The molecule has 4 nitrogen and oxygen atoms in total. The molecule has 2 aliphatic heterocycles. The minimum Gasteiger partial charge on any atom is -0.391 e. The summed E-state index contributed by atoms with van der Waals surface area (Å²) in [6, 6.07) is 0. The van der Waals surface area contributed by atoms with Gasteiger partial charge < -0.3 is 14.7 Å². The molecule has 0 aromatic carbocycles. The number of ether oxygens (including phenoxy) is 1. The molecular weight excluding hydrogens is 182 g/mol. The van der Waals surface area contributed by atoms with Crippen LogP contribution < -0.4 is 0 Å².